The van der Waals surface area contributed by atoms with Crippen LogP contribution in [0.5, 0.6) is 0 Å². The summed E-state index contributed by atoms with van der Waals surface area (Å²) in [6.45, 7) is 0. The van der Waals surface area contributed by atoms with E-state index in [9.17, 15) is 0 Å². The molecule has 11 rings (SSSR count). The molecule has 2 heterocycles. The topological polar surface area (TPSA) is 42.4 Å². The van der Waals surface area contributed by atoms with Crippen molar-refractivity contribution in [1.29, 1.82) is 0 Å². The van der Waals surface area contributed by atoms with Crippen molar-refractivity contribution in [3.63, 3.8) is 0 Å². The molecule has 59 heavy (non-hydrogen) atoms. The van der Waals surface area contributed by atoms with Crippen molar-refractivity contribution in [3.8, 4) is 56.0 Å². The van der Waals surface area contributed by atoms with Gasteiger partial charge in [-0.2, -0.15) is 0 Å². The molecule has 4 nitrogen and oxygen atoms in total. The normalized spacial score (nSPS) is 11.4. The monoisotopic (exact) mass is 756 g/mol. The van der Waals surface area contributed by atoms with Crippen molar-refractivity contribution in [2.24, 2.45) is 0 Å². The molecule has 278 valence electrons. The van der Waals surface area contributed by atoms with E-state index in [0.717, 1.165) is 72.4 Å². The minimum absolute atomic E-state index is 0.587. The van der Waals surface area contributed by atoms with Gasteiger partial charge in [0.25, 0.3) is 0 Å². The van der Waals surface area contributed by atoms with Crippen molar-refractivity contribution in [2.45, 2.75) is 0 Å². The number of nitrogens with zero attached hydrogens (tertiary/aromatic N) is 2. The number of hydrogen-bond acceptors (Lipinski definition) is 4. The number of benzene rings is 9. The number of oxazole rings is 1. The molecule has 0 saturated carbocycles. The Morgan fingerprint density at radius 2 is 0.746 bits per heavy atom. The highest BCUT2D eigenvalue weighted by atomic mass is 16.4. The van der Waals surface area contributed by atoms with Gasteiger partial charge in [0, 0.05) is 28.0 Å². The van der Waals surface area contributed by atoms with Crippen molar-refractivity contribution in [1.82, 2.24) is 4.98 Å². The maximum absolute atomic E-state index is 6.44. The second kappa shape index (κ2) is 14.5. The molecule has 0 N–H and O–H groups in total. The van der Waals surface area contributed by atoms with Gasteiger partial charge in [0.05, 0.1) is 5.39 Å². The van der Waals surface area contributed by atoms with Gasteiger partial charge in [0.1, 0.15) is 16.7 Å². The van der Waals surface area contributed by atoms with Gasteiger partial charge in [0.15, 0.2) is 5.58 Å². The molecule has 2 aromatic heterocycles. The Labute approximate surface area is 341 Å². The number of hydrogen-bond donors (Lipinski definition) is 0. The molecule has 0 aliphatic carbocycles. The lowest BCUT2D eigenvalue weighted by atomic mass is 9.99. The number of rotatable bonds is 8. The van der Waals surface area contributed by atoms with Crippen LogP contribution in [0.2, 0.25) is 0 Å². The highest BCUT2D eigenvalue weighted by Gasteiger charge is 2.20. The molecular formula is C55H36N2O2. The lowest BCUT2D eigenvalue weighted by molar-refractivity contribution is 0.619. The van der Waals surface area contributed by atoms with Crippen LogP contribution in [0, 0.1) is 0 Å². The van der Waals surface area contributed by atoms with Gasteiger partial charge in [-0.15, -0.1) is 0 Å². The Bertz CT molecular complexity index is 3220. The van der Waals surface area contributed by atoms with E-state index in [-0.39, 0.29) is 0 Å². The van der Waals surface area contributed by atoms with E-state index in [1.54, 1.807) is 0 Å². The molecule has 9 aromatic carbocycles. The molecule has 11 aromatic rings. The number of anilines is 3. The van der Waals surface area contributed by atoms with Crippen LogP contribution in [0.4, 0.5) is 17.1 Å². The van der Waals surface area contributed by atoms with E-state index < -0.39 is 0 Å². The first-order valence-electron chi connectivity index (χ1n) is 19.9. The van der Waals surface area contributed by atoms with Crippen LogP contribution < -0.4 is 4.90 Å². The lowest BCUT2D eigenvalue weighted by Crippen LogP contribution is -2.10. The van der Waals surface area contributed by atoms with E-state index in [1.807, 2.05) is 42.5 Å². The summed E-state index contributed by atoms with van der Waals surface area (Å²) in [7, 11) is 0. The zero-order valence-corrected chi connectivity index (χ0v) is 32.0. The highest BCUT2D eigenvalue weighted by molar-refractivity contribution is 6.17. The molecule has 0 saturated heterocycles. The van der Waals surface area contributed by atoms with E-state index in [4.69, 9.17) is 13.8 Å². The third-order valence-corrected chi connectivity index (χ3v) is 11.1. The molecule has 0 radical (unpaired) electrons. The fourth-order valence-corrected chi connectivity index (χ4v) is 8.13. The lowest BCUT2D eigenvalue weighted by Gasteiger charge is -2.26. The third-order valence-electron chi connectivity index (χ3n) is 11.1. The zero-order chi connectivity index (χ0) is 39.1. The summed E-state index contributed by atoms with van der Waals surface area (Å²) in [6, 6.07) is 76.6. The average molecular weight is 757 g/mol. The summed E-state index contributed by atoms with van der Waals surface area (Å²) in [5.74, 6) is 0.587. The maximum atomic E-state index is 6.44. The molecule has 0 bridgehead atoms. The Morgan fingerprint density at radius 1 is 0.305 bits per heavy atom. The summed E-state index contributed by atoms with van der Waals surface area (Å²) in [5.41, 5.74) is 16.5. The Kier molecular flexibility index (Phi) is 8.45. The fourth-order valence-electron chi connectivity index (χ4n) is 8.13. The summed E-state index contributed by atoms with van der Waals surface area (Å²) >= 11 is 0. The predicted molar refractivity (Wildman–Crippen MR) is 243 cm³/mol. The summed E-state index contributed by atoms with van der Waals surface area (Å²) in [4.78, 5) is 7.34. The molecule has 0 fully saturated rings. The van der Waals surface area contributed by atoms with Crippen LogP contribution in [-0.4, -0.2) is 4.98 Å². The Balaban J connectivity index is 1.02. The van der Waals surface area contributed by atoms with Crippen LogP contribution >= 0.6 is 0 Å². The van der Waals surface area contributed by atoms with E-state index in [0.29, 0.717) is 5.89 Å². The highest BCUT2D eigenvalue weighted by Crippen LogP contribution is 2.42. The van der Waals surface area contributed by atoms with Gasteiger partial charge in [0.2, 0.25) is 5.89 Å². The van der Waals surface area contributed by atoms with Crippen molar-refractivity contribution >= 4 is 50.1 Å². The second-order valence-corrected chi connectivity index (χ2v) is 14.8. The largest absolute Gasteiger partial charge is 0.456 e. The van der Waals surface area contributed by atoms with E-state index in [2.05, 4.69) is 181 Å². The van der Waals surface area contributed by atoms with Gasteiger partial charge in [-0.05, 0) is 111 Å². The molecule has 0 atom stereocenters. The first-order valence-corrected chi connectivity index (χ1v) is 19.9. The van der Waals surface area contributed by atoms with Crippen LogP contribution in [-0.2, 0) is 0 Å². The molecule has 0 aliphatic rings. The Morgan fingerprint density at radius 3 is 1.34 bits per heavy atom. The maximum Gasteiger partial charge on any atom is 0.227 e. The van der Waals surface area contributed by atoms with Crippen LogP contribution in [0.3, 0.4) is 0 Å². The van der Waals surface area contributed by atoms with Gasteiger partial charge in [-0.25, -0.2) is 4.98 Å². The number of aromatic nitrogens is 1. The molecule has 0 amide bonds. The van der Waals surface area contributed by atoms with Crippen LogP contribution in [0.15, 0.2) is 227 Å². The predicted octanol–water partition coefficient (Wildman–Crippen LogP) is 15.5. The van der Waals surface area contributed by atoms with Gasteiger partial charge >= 0.3 is 0 Å². The molecule has 0 spiro atoms. The summed E-state index contributed by atoms with van der Waals surface area (Å²) < 4.78 is 12.7. The molecule has 4 heteroatoms. The van der Waals surface area contributed by atoms with Gasteiger partial charge in [-0.1, -0.05) is 152 Å². The molecule has 0 unspecified atom stereocenters. The van der Waals surface area contributed by atoms with Crippen LogP contribution in [0.1, 0.15) is 0 Å². The first kappa shape index (κ1) is 34.3. The minimum atomic E-state index is 0.587. The molecular weight excluding hydrogens is 721 g/mol. The standard InChI is InChI=1S/C55H36N2O2/c1-4-11-37(12-5-1)39-19-21-41(22-20-39)42-27-29-46(30-28-42)57(47-18-10-17-45(35-47)43-25-23-40(24-26-43)38-13-6-2-7-14-38)48-31-32-50-49(36-48)53-51(58-50)33-34-52-54(53)56-55(59-52)44-15-8-3-9-16-44/h1-36H. The quantitative estimate of drug-likeness (QED) is 0.155. The van der Waals surface area contributed by atoms with Crippen molar-refractivity contribution in [3.05, 3.63) is 218 Å². The zero-order valence-electron chi connectivity index (χ0n) is 32.0. The third kappa shape index (κ3) is 6.43. The number of fused-ring (bicyclic) bond motifs is 5. The van der Waals surface area contributed by atoms with E-state index in [1.165, 1.54) is 27.8 Å². The van der Waals surface area contributed by atoms with Gasteiger partial charge < -0.3 is 13.7 Å². The van der Waals surface area contributed by atoms with E-state index >= 15 is 0 Å². The van der Waals surface area contributed by atoms with Gasteiger partial charge in [-0.3, -0.25) is 0 Å². The minimum Gasteiger partial charge on any atom is -0.456 e. The fraction of sp³-hybridized carbons (Fsp3) is 0. The van der Waals surface area contributed by atoms with Crippen molar-refractivity contribution in [2.75, 3.05) is 4.90 Å². The Hall–Kier alpha value is -7.95. The average Bonchev–Trinajstić information content (AvgIpc) is 3.92. The SMILES string of the molecule is c1ccc(-c2ccc(-c3ccc(N(c4cccc(-c5ccc(-c6ccccc6)cc5)c4)c4ccc5oc6ccc7oc(-c8ccccc8)nc7c6c5c4)cc3)cc2)cc1. The smallest absolute Gasteiger partial charge is 0.227 e. The summed E-state index contributed by atoms with van der Waals surface area (Å²) in [5, 5.41) is 1.91. The summed E-state index contributed by atoms with van der Waals surface area (Å²) in [6.07, 6.45) is 0. The molecule has 0 aliphatic heterocycles. The first-order chi connectivity index (χ1) is 29.2. The van der Waals surface area contributed by atoms with Crippen molar-refractivity contribution < 1.29 is 8.83 Å². The number of furan rings is 1. The van der Waals surface area contributed by atoms with Crippen LogP contribution in [0.25, 0.3) is 89.0 Å². The second-order valence-electron chi connectivity index (χ2n) is 14.8.